The molecule has 0 spiro atoms. The predicted molar refractivity (Wildman–Crippen MR) is 69.4 cm³/mol. The van der Waals surface area contributed by atoms with Crippen LogP contribution in [0.5, 0.6) is 0 Å². The molecule has 5 nitrogen and oxygen atoms in total. The number of hydrogen-bond acceptors (Lipinski definition) is 2. The lowest BCUT2D eigenvalue weighted by Gasteiger charge is -2.19. The summed E-state index contributed by atoms with van der Waals surface area (Å²) in [5, 5.41) is 12.2. The fourth-order valence-electron chi connectivity index (χ4n) is 1.60. The summed E-state index contributed by atoms with van der Waals surface area (Å²) in [6.07, 6.45) is 0.212. The van der Waals surface area contributed by atoms with Gasteiger partial charge < -0.3 is 5.11 Å². The normalized spacial score (nSPS) is 12.6. The minimum Gasteiger partial charge on any atom is -0.481 e. The molecule has 1 N–H and O–H groups in total. The highest BCUT2D eigenvalue weighted by molar-refractivity contribution is 5.74. The molecule has 96 valence electrons. The maximum atomic E-state index is 10.9. The zero-order valence-electron chi connectivity index (χ0n) is 10.8. The predicted octanol–water partition coefficient (Wildman–Crippen LogP) is 3.29. The van der Waals surface area contributed by atoms with E-state index in [1.165, 1.54) is 5.56 Å². The molecular weight excluding hydrogens is 230 g/mol. The molecule has 0 fully saturated rings. The standard InChI is InChI=1S/C13H17N3O2/c1-13(2,3)10-6-4-9(5-7-10)8-11(12(17)18)15-16-14/h4-7,11H,8H2,1-3H3,(H,17,18)/t11-/m0/s1. The van der Waals surface area contributed by atoms with Gasteiger partial charge in [-0.15, -0.1) is 0 Å². The van der Waals surface area contributed by atoms with Crippen LogP contribution in [0.3, 0.4) is 0 Å². The van der Waals surface area contributed by atoms with Crippen molar-refractivity contribution in [3.8, 4) is 0 Å². The topological polar surface area (TPSA) is 86.1 Å². The zero-order chi connectivity index (χ0) is 13.8. The molecule has 1 aromatic rings. The van der Waals surface area contributed by atoms with Crippen molar-refractivity contribution in [3.05, 3.63) is 45.8 Å². The fourth-order valence-corrected chi connectivity index (χ4v) is 1.60. The van der Waals surface area contributed by atoms with E-state index in [1.54, 1.807) is 0 Å². The number of carboxylic acids is 1. The molecule has 0 aliphatic heterocycles. The van der Waals surface area contributed by atoms with Crippen molar-refractivity contribution in [2.45, 2.75) is 38.6 Å². The Morgan fingerprint density at radius 1 is 1.39 bits per heavy atom. The van der Waals surface area contributed by atoms with Crippen LogP contribution >= 0.6 is 0 Å². The van der Waals surface area contributed by atoms with Gasteiger partial charge in [-0.25, -0.2) is 0 Å². The summed E-state index contributed by atoms with van der Waals surface area (Å²) in [5.41, 5.74) is 10.4. The number of aliphatic carboxylic acids is 1. The van der Waals surface area contributed by atoms with E-state index in [2.05, 4.69) is 30.8 Å². The molecular formula is C13H17N3O2. The Kier molecular flexibility index (Phi) is 4.34. The summed E-state index contributed by atoms with van der Waals surface area (Å²) in [5.74, 6) is -1.10. The molecule has 0 radical (unpaired) electrons. The van der Waals surface area contributed by atoms with Gasteiger partial charge in [-0.2, -0.15) is 0 Å². The van der Waals surface area contributed by atoms with Gasteiger partial charge in [-0.05, 0) is 28.5 Å². The van der Waals surface area contributed by atoms with E-state index >= 15 is 0 Å². The smallest absolute Gasteiger partial charge is 0.312 e. The van der Waals surface area contributed by atoms with E-state index in [4.69, 9.17) is 10.6 Å². The van der Waals surface area contributed by atoms with E-state index < -0.39 is 12.0 Å². The molecule has 18 heavy (non-hydrogen) atoms. The van der Waals surface area contributed by atoms with E-state index in [1.807, 2.05) is 24.3 Å². The lowest BCUT2D eigenvalue weighted by atomic mass is 9.86. The van der Waals surface area contributed by atoms with Gasteiger partial charge in [0.25, 0.3) is 0 Å². The van der Waals surface area contributed by atoms with Crippen LogP contribution in [0.25, 0.3) is 10.4 Å². The SMILES string of the molecule is CC(C)(C)c1ccc(C[C@H](N=[N+]=[N-])C(=O)O)cc1. The third kappa shape index (κ3) is 3.79. The van der Waals surface area contributed by atoms with Gasteiger partial charge in [0.15, 0.2) is 0 Å². The van der Waals surface area contributed by atoms with Crippen molar-refractivity contribution in [1.29, 1.82) is 0 Å². The van der Waals surface area contributed by atoms with Crippen molar-refractivity contribution < 1.29 is 9.90 Å². The van der Waals surface area contributed by atoms with E-state index in [0.717, 1.165) is 5.56 Å². The average molecular weight is 247 g/mol. The van der Waals surface area contributed by atoms with Gasteiger partial charge >= 0.3 is 5.97 Å². The minimum atomic E-state index is -1.10. The highest BCUT2D eigenvalue weighted by Crippen LogP contribution is 2.22. The number of carbonyl (C=O) groups is 1. The van der Waals surface area contributed by atoms with Gasteiger partial charge in [-0.1, -0.05) is 50.2 Å². The van der Waals surface area contributed by atoms with Crippen molar-refractivity contribution in [2.75, 3.05) is 0 Å². The number of hydrogen-bond donors (Lipinski definition) is 1. The summed E-state index contributed by atoms with van der Waals surface area (Å²) in [7, 11) is 0. The number of carboxylic acid groups (broad SMARTS) is 1. The van der Waals surface area contributed by atoms with Crippen LogP contribution in [0.2, 0.25) is 0 Å². The maximum Gasteiger partial charge on any atom is 0.312 e. The first-order valence-corrected chi connectivity index (χ1v) is 5.71. The van der Waals surface area contributed by atoms with Crippen LogP contribution < -0.4 is 0 Å². The quantitative estimate of drug-likeness (QED) is 0.502. The van der Waals surface area contributed by atoms with Crippen LogP contribution in [0.4, 0.5) is 0 Å². The van der Waals surface area contributed by atoms with E-state index in [9.17, 15) is 4.79 Å². The number of benzene rings is 1. The van der Waals surface area contributed by atoms with Gasteiger partial charge in [0.2, 0.25) is 0 Å². The Morgan fingerprint density at radius 3 is 2.33 bits per heavy atom. The van der Waals surface area contributed by atoms with Crippen LogP contribution in [-0.2, 0) is 16.6 Å². The summed E-state index contributed by atoms with van der Waals surface area (Å²) >= 11 is 0. The monoisotopic (exact) mass is 247 g/mol. The molecule has 0 bridgehead atoms. The lowest BCUT2D eigenvalue weighted by molar-refractivity contribution is -0.138. The molecule has 5 heteroatoms. The Labute approximate surface area is 106 Å². The van der Waals surface area contributed by atoms with Gasteiger partial charge in [0, 0.05) is 4.91 Å². The first-order chi connectivity index (χ1) is 8.34. The Bertz CT molecular complexity index is 466. The highest BCUT2D eigenvalue weighted by atomic mass is 16.4. The van der Waals surface area contributed by atoms with Gasteiger partial charge in [0.1, 0.15) is 6.04 Å². The number of nitrogens with zero attached hydrogens (tertiary/aromatic N) is 3. The molecule has 0 amide bonds. The Morgan fingerprint density at radius 2 is 1.94 bits per heavy atom. The van der Waals surface area contributed by atoms with Crippen LogP contribution in [0.15, 0.2) is 29.4 Å². The molecule has 0 saturated carbocycles. The minimum absolute atomic E-state index is 0.0650. The third-order valence-electron chi connectivity index (χ3n) is 2.73. The van der Waals surface area contributed by atoms with Crippen molar-refractivity contribution in [2.24, 2.45) is 5.11 Å². The number of azide groups is 1. The fraction of sp³-hybridized carbons (Fsp3) is 0.462. The average Bonchev–Trinajstić information content (AvgIpc) is 2.28. The first-order valence-electron chi connectivity index (χ1n) is 5.71. The molecule has 0 heterocycles. The lowest BCUT2D eigenvalue weighted by Crippen LogP contribution is -2.20. The molecule has 1 rings (SSSR count). The summed E-state index contributed by atoms with van der Waals surface area (Å²) in [6.45, 7) is 6.34. The van der Waals surface area contributed by atoms with Crippen molar-refractivity contribution in [3.63, 3.8) is 0 Å². The zero-order valence-corrected chi connectivity index (χ0v) is 10.8. The van der Waals surface area contributed by atoms with Crippen LogP contribution in [-0.4, -0.2) is 17.1 Å². The summed E-state index contributed by atoms with van der Waals surface area (Å²) < 4.78 is 0. The van der Waals surface area contributed by atoms with Crippen LogP contribution in [0, 0.1) is 0 Å². The number of rotatable bonds is 4. The molecule has 0 unspecified atom stereocenters. The Balaban J connectivity index is 2.86. The van der Waals surface area contributed by atoms with Crippen molar-refractivity contribution in [1.82, 2.24) is 0 Å². The summed E-state index contributed by atoms with van der Waals surface area (Å²) in [6, 6.07) is 6.66. The molecule has 1 atom stereocenters. The molecule has 0 aliphatic carbocycles. The second kappa shape index (κ2) is 5.56. The van der Waals surface area contributed by atoms with E-state index in [0.29, 0.717) is 0 Å². The molecule has 1 aromatic carbocycles. The van der Waals surface area contributed by atoms with Crippen LogP contribution in [0.1, 0.15) is 31.9 Å². The van der Waals surface area contributed by atoms with E-state index in [-0.39, 0.29) is 11.8 Å². The largest absolute Gasteiger partial charge is 0.481 e. The Hall–Kier alpha value is -2.00. The van der Waals surface area contributed by atoms with Gasteiger partial charge in [0.05, 0.1) is 0 Å². The third-order valence-corrected chi connectivity index (χ3v) is 2.73. The maximum absolute atomic E-state index is 10.9. The molecule has 0 aliphatic rings. The summed E-state index contributed by atoms with van der Waals surface area (Å²) in [4.78, 5) is 13.4. The first kappa shape index (κ1) is 14.1. The highest BCUT2D eigenvalue weighted by Gasteiger charge is 2.17. The van der Waals surface area contributed by atoms with Crippen molar-refractivity contribution >= 4 is 5.97 Å². The second-order valence-corrected chi connectivity index (χ2v) is 5.21. The molecule has 0 saturated heterocycles. The second-order valence-electron chi connectivity index (χ2n) is 5.21. The van der Waals surface area contributed by atoms with Gasteiger partial charge in [-0.3, -0.25) is 4.79 Å². The molecule has 0 aromatic heterocycles.